The zero-order valence-electron chi connectivity index (χ0n) is 83.3. The molecule has 0 radical (unpaired) electrons. The number of rotatable bonds is 49. The number of benzene rings is 18. The van der Waals surface area contributed by atoms with Gasteiger partial charge in [0.25, 0.3) is 0 Å². The minimum absolute atomic E-state index is 0.568. The monoisotopic (exact) mass is 1880 g/mol. The van der Waals surface area contributed by atoms with Crippen molar-refractivity contribution in [3.05, 3.63) is 507 Å². The van der Waals surface area contributed by atoms with Gasteiger partial charge in [-0.1, -0.05) is 381 Å². The molecule has 0 unspecified atom stereocenters. The molecule has 18 aromatic rings. The van der Waals surface area contributed by atoms with E-state index in [2.05, 4.69) is 496 Å². The van der Waals surface area contributed by atoms with Crippen LogP contribution in [0.25, 0.3) is 90.0 Å². The quantitative estimate of drug-likeness (QED) is 0.0350. The third-order valence-electron chi connectivity index (χ3n) is 27.2. The molecular formula is C136H130N4O4. The van der Waals surface area contributed by atoms with E-state index in [4.69, 9.17) is 18.9 Å². The van der Waals surface area contributed by atoms with Gasteiger partial charge in [0.15, 0.2) is 0 Å². The molecule has 0 N–H and O–H groups in total. The van der Waals surface area contributed by atoms with Gasteiger partial charge in [0.2, 0.25) is 0 Å². The molecule has 18 aromatic carbocycles. The van der Waals surface area contributed by atoms with Crippen LogP contribution < -0.4 is 19.6 Å². The number of nitrogens with zero attached hydrogens (tertiary/aromatic N) is 4. The Bertz CT molecular complexity index is 6580. The lowest BCUT2D eigenvalue weighted by molar-refractivity contribution is 0.0898. The predicted octanol–water partition coefficient (Wildman–Crippen LogP) is 37.8. The maximum absolute atomic E-state index is 6.12. The fraction of sp³-hybridized carbons (Fsp3) is 0.176. The summed E-state index contributed by atoms with van der Waals surface area (Å²) in [6.45, 7) is 17.5. The summed E-state index contributed by atoms with van der Waals surface area (Å²) in [5, 5.41) is 0. The molecule has 8 nitrogen and oxygen atoms in total. The number of hydrogen-bond acceptors (Lipinski definition) is 8. The lowest BCUT2D eigenvalue weighted by atomic mass is 9.89. The summed E-state index contributed by atoms with van der Waals surface area (Å²) in [6.07, 6.45) is 18.9. The maximum atomic E-state index is 6.12. The highest BCUT2D eigenvalue weighted by molar-refractivity contribution is 5.88. The van der Waals surface area contributed by atoms with Crippen molar-refractivity contribution in [1.29, 1.82) is 0 Å². The van der Waals surface area contributed by atoms with Crippen LogP contribution in [-0.2, 0) is 58.2 Å². The lowest BCUT2D eigenvalue weighted by Crippen LogP contribution is -2.11. The summed E-state index contributed by atoms with van der Waals surface area (Å²) in [7, 11) is 0. The highest BCUT2D eigenvalue weighted by Gasteiger charge is 2.23. The van der Waals surface area contributed by atoms with Crippen LogP contribution in [0.1, 0.15) is 135 Å². The zero-order valence-corrected chi connectivity index (χ0v) is 83.3. The van der Waals surface area contributed by atoms with Gasteiger partial charge in [-0.15, -0.1) is 0 Å². The molecule has 0 heterocycles. The van der Waals surface area contributed by atoms with Crippen LogP contribution in [0.3, 0.4) is 0 Å². The van der Waals surface area contributed by atoms with E-state index in [-0.39, 0.29) is 0 Å². The van der Waals surface area contributed by atoms with Gasteiger partial charge >= 0.3 is 0 Å². The molecule has 0 aliphatic carbocycles. The summed E-state index contributed by atoms with van der Waals surface area (Å²) in [6, 6.07) is 164. The smallest absolute Gasteiger partial charge is 0.0716 e. The lowest BCUT2D eigenvalue weighted by Gasteiger charge is -2.28. The molecule has 0 aliphatic heterocycles. The summed E-state index contributed by atoms with van der Waals surface area (Å²) < 4.78 is 24.1. The summed E-state index contributed by atoms with van der Waals surface area (Å²) >= 11 is 0. The molecule has 0 fully saturated rings. The fourth-order valence-electron chi connectivity index (χ4n) is 19.2. The second kappa shape index (κ2) is 50.7. The Morgan fingerprint density at radius 2 is 0.375 bits per heavy atom. The Kier molecular flexibility index (Phi) is 34.8. The van der Waals surface area contributed by atoms with Crippen molar-refractivity contribution in [2.45, 2.75) is 130 Å². The number of hydrogen-bond donors (Lipinski definition) is 0. The summed E-state index contributed by atoms with van der Waals surface area (Å²) in [5.41, 5.74) is 39.7. The molecule has 0 aromatic heterocycles. The van der Waals surface area contributed by atoms with Crippen LogP contribution >= 0.6 is 0 Å². The number of aryl methyl sites for hydroxylation is 2. The van der Waals surface area contributed by atoms with Crippen molar-refractivity contribution in [2.75, 3.05) is 46.0 Å². The number of unbranched alkanes of at least 4 members (excludes halogenated alkanes) is 8. The van der Waals surface area contributed by atoms with E-state index in [1.165, 1.54) is 128 Å². The topological polar surface area (TPSA) is 49.9 Å². The first kappa shape index (κ1) is 98.7. The summed E-state index contributed by atoms with van der Waals surface area (Å²) in [4.78, 5) is 9.51. The Morgan fingerprint density at radius 1 is 0.188 bits per heavy atom. The first-order chi connectivity index (χ1) is 71.2. The fourth-order valence-corrected chi connectivity index (χ4v) is 19.2. The second-order valence-corrected chi connectivity index (χ2v) is 37.3. The molecular weight excluding hydrogens is 1750 g/mol. The van der Waals surface area contributed by atoms with Gasteiger partial charge in [-0.25, -0.2) is 0 Å². The zero-order chi connectivity index (χ0) is 98.1. The minimum Gasteiger partial charge on any atom is -0.377 e. The molecule has 18 rings (SSSR count). The molecule has 0 amide bonds. The SMILES string of the molecule is C=Cc1ccc(COCCCCOCc2ccc(N(c3ccccc3)c3ccc(-c4ccc(-c5ccc(-c6ccc(N(c7ccccc7)c7ccc(-c8ccc(N(c9ccccc9)c9ccc(-c%10ccc(-c%11ccc(-c%12ccc(N(c%13ccccc%13)c%13ccc(COCCCCOCc%14ccc(C=C)cc%14)cc%13)cc%12)cc%11)cc%10)cc9)cc8CCCCCC)c(CCCCCC)c7)cc6)cc5)cc4)cc3)cc2)cc1. The Labute approximate surface area is 854 Å². The third-order valence-corrected chi connectivity index (χ3v) is 27.2. The summed E-state index contributed by atoms with van der Waals surface area (Å²) in [5.74, 6) is 0. The van der Waals surface area contributed by atoms with Gasteiger partial charge in [0, 0.05) is 94.7 Å². The normalized spacial score (nSPS) is 11.2. The molecule has 718 valence electrons. The van der Waals surface area contributed by atoms with E-state index in [0.29, 0.717) is 52.9 Å². The Balaban J connectivity index is 0.520. The van der Waals surface area contributed by atoms with Crippen molar-refractivity contribution in [3.63, 3.8) is 0 Å². The third kappa shape index (κ3) is 26.1. The van der Waals surface area contributed by atoms with Crippen LogP contribution in [0.4, 0.5) is 68.2 Å². The van der Waals surface area contributed by atoms with E-state index in [0.717, 1.165) is 153 Å². The molecule has 0 saturated heterocycles. The highest BCUT2D eigenvalue weighted by Crippen LogP contribution is 2.46. The van der Waals surface area contributed by atoms with Crippen molar-refractivity contribution in [3.8, 4) is 77.9 Å². The van der Waals surface area contributed by atoms with Crippen LogP contribution in [0.2, 0.25) is 0 Å². The minimum atomic E-state index is 0.568. The molecule has 0 atom stereocenters. The number of anilines is 12. The van der Waals surface area contributed by atoms with Gasteiger partial charge in [-0.3, -0.25) is 0 Å². The van der Waals surface area contributed by atoms with E-state index in [9.17, 15) is 0 Å². The molecule has 8 heteroatoms. The van der Waals surface area contributed by atoms with Crippen LogP contribution in [0.5, 0.6) is 0 Å². The van der Waals surface area contributed by atoms with Crippen LogP contribution in [-0.4, -0.2) is 26.4 Å². The largest absolute Gasteiger partial charge is 0.377 e. The highest BCUT2D eigenvalue weighted by atomic mass is 16.5. The standard InChI is InChI=1S/C136H130N4O4/c1-5-9-11-17-31-121-97-133(139(125-37-23-15-24-38-125)131-85-73-119(74-86-131)115-65-57-111(58-66-115)109-53-61-113(62-54-109)117-69-81-129(82-70-117)137(123-33-19-13-20-34-123)127-77-49-107(50-78-127)101-143-95-29-27-93-141-99-105-45-41-103(7-3)42-46-105)89-91-135(121)136-92-90-134(98-122(136)32-18-12-10-6-2)140(126-39-25-16-26-40-126)132-87-75-120(76-88-132)116-67-59-112(60-68-116)110-55-63-114(64-56-110)118-71-83-130(84-72-118)138(124-35-21-14-22-36-124)128-79-51-108(52-80-128)102-144-96-30-28-94-142-100-106-47-43-104(8-4)44-48-106/h7-8,13-16,19-26,33-92,97-98H,3-6,9-12,17-18,27-32,93-96,99-102H2,1-2H3. The number of para-hydroxylation sites is 4. The van der Waals surface area contributed by atoms with Gasteiger partial charge in [0.1, 0.15) is 0 Å². The van der Waals surface area contributed by atoms with E-state index < -0.39 is 0 Å². The molecule has 0 bridgehead atoms. The van der Waals surface area contributed by atoms with Crippen molar-refractivity contribution >= 4 is 80.4 Å². The van der Waals surface area contributed by atoms with Gasteiger partial charge in [0.05, 0.1) is 26.4 Å². The molecule has 144 heavy (non-hydrogen) atoms. The average molecular weight is 1880 g/mol. The Morgan fingerprint density at radius 3 is 0.590 bits per heavy atom. The first-order valence-electron chi connectivity index (χ1n) is 51.6. The van der Waals surface area contributed by atoms with E-state index in [1.54, 1.807) is 0 Å². The first-order valence-corrected chi connectivity index (χ1v) is 51.6. The molecule has 0 aliphatic rings. The molecule has 0 saturated carbocycles. The average Bonchev–Trinajstić information content (AvgIpc) is 0.772. The van der Waals surface area contributed by atoms with Crippen molar-refractivity contribution in [1.82, 2.24) is 0 Å². The van der Waals surface area contributed by atoms with E-state index in [1.807, 2.05) is 12.2 Å². The Hall–Kier alpha value is -15.5. The maximum Gasteiger partial charge on any atom is 0.0716 e. The predicted molar refractivity (Wildman–Crippen MR) is 609 cm³/mol. The van der Waals surface area contributed by atoms with Gasteiger partial charge in [-0.2, -0.15) is 0 Å². The molecule has 0 spiro atoms. The van der Waals surface area contributed by atoms with Crippen LogP contribution in [0, 0.1) is 0 Å². The van der Waals surface area contributed by atoms with Crippen molar-refractivity contribution < 1.29 is 18.9 Å². The second-order valence-electron chi connectivity index (χ2n) is 37.3. The van der Waals surface area contributed by atoms with Crippen molar-refractivity contribution in [2.24, 2.45) is 0 Å². The van der Waals surface area contributed by atoms with E-state index >= 15 is 0 Å². The van der Waals surface area contributed by atoms with Gasteiger partial charge in [-0.05, 0) is 319 Å². The number of ether oxygens (including phenoxy) is 4. The van der Waals surface area contributed by atoms with Gasteiger partial charge < -0.3 is 38.5 Å². The van der Waals surface area contributed by atoms with Crippen LogP contribution in [0.15, 0.2) is 462 Å².